The number of nitrogens with zero attached hydrogens (tertiary/aromatic N) is 1. The maximum absolute atomic E-state index is 5.76. The first-order valence-electron chi connectivity index (χ1n) is 6.58. The van der Waals surface area contributed by atoms with Gasteiger partial charge in [0.2, 0.25) is 0 Å². The third-order valence-corrected chi connectivity index (χ3v) is 3.19. The molecule has 100 valence electrons. The molecule has 0 bridgehead atoms. The molecule has 0 aliphatic carbocycles. The molecule has 0 spiro atoms. The van der Waals surface area contributed by atoms with Crippen molar-refractivity contribution in [2.24, 2.45) is 0 Å². The van der Waals surface area contributed by atoms with Gasteiger partial charge in [-0.25, -0.2) is 0 Å². The van der Waals surface area contributed by atoms with E-state index in [9.17, 15) is 0 Å². The SMILES string of the molecule is CC1CNCC(COCCN2CCOCC2)O1. The molecular weight excluding hydrogens is 220 g/mol. The quantitative estimate of drug-likeness (QED) is 0.673. The summed E-state index contributed by atoms with van der Waals surface area (Å²) >= 11 is 0. The van der Waals surface area contributed by atoms with E-state index in [4.69, 9.17) is 14.2 Å². The minimum atomic E-state index is 0.212. The van der Waals surface area contributed by atoms with E-state index in [1.807, 2.05) is 0 Å². The summed E-state index contributed by atoms with van der Waals surface area (Å²) in [5.41, 5.74) is 0. The lowest BCUT2D eigenvalue weighted by atomic mass is 10.2. The van der Waals surface area contributed by atoms with Crippen LogP contribution in [0.5, 0.6) is 0 Å². The molecule has 0 aromatic rings. The van der Waals surface area contributed by atoms with E-state index in [0.29, 0.717) is 12.7 Å². The van der Waals surface area contributed by atoms with Gasteiger partial charge in [0.05, 0.1) is 38.6 Å². The summed E-state index contributed by atoms with van der Waals surface area (Å²) in [5.74, 6) is 0. The smallest absolute Gasteiger partial charge is 0.0936 e. The molecule has 2 aliphatic heterocycles. The molecule has 5 heteroatoms. The fraction of sp³-hybridized carbons (Fsp3) is 1.00. The average molecular weight is 244 g/mol. The van der Waals surface area contributed by atoms with Crippen molar-refractivity contribution in [2.45, 2.75) is 19.1 Å². The van der Waals surface area contributed by atoms with Gasteiger partial charge in [-0.2, -0.15) is 0 Å². The first-order valence-corrected chi connectivity index (χ1v) is 6.58. The second-order valence-electron chi connectivity index (χ2n) is 4.76. The Kier molecular flexibility index (Phi) is 5.67. The van der Waals surface area contributed by atoms with Crippen LogP contribution in [0.25, 0.3) is 0 Å². The van der Waals surface area contributed by atoms with Gasteiger partial charge in [0.25, 0.3) is 0 Å². The first-order chi connectivity index (χ1) is 8.34. The summed E-state index contributed by atoms with van der Waals surface area (Å²) in [6.45, 7) is 10.2. The lowest BCUT2D eigenvalue weighted by Gasteiger charge is -2.29. The molecule has 0 amide bonds. The molecule has 0 radical (unpaired) electrons. The van der Waals surface area contributed by atoms with Crippen molar-refractivity contribution in [1.29, 1.82) is 0 Å². The van der Waals surface area contributed by atoms with Gasteiger partial charge in [-0.1, -0.05) is 0 Å². The fourth-order valence-electron chi connectivity index (χ4n) is 2.20. The van der Waals surface area contributed by atoms with Gasteiger partial charge in [-0.05, 0) is 6.92 Å². The Morgan fingerprint density at radius 1 is 1.29 bits per heavy atom. The summed E-state index contributed by atoms with van der Waals surface area (Å²) < 4.78 is 16.7. The summed E-state index contributed by atoms with van der Waals surface area (Å²) in [5, 5.41) is 3.34. The van der Waals surface area contributed by atoms with Gasteiger partial charge >= 0.3 is 0 Å². The molecule has 2 fully saturated rings. The van der Waals surface area contributed by atoms with E-state index >= 15 is 0 Å². The van der Waals surface area contributed by atoms with Gasteiger partial charge in [-0.15, -0.1) is 0 Å². The topological polar surface area (TPSA) is 43.0 Å². The highest BCUT2D eigenvalue weighted by atomic mass is 16.5. The molecule has 2 heterocycles. The van der Waals surface area contributed by atoms with Crippen LogP contribution in [0.4, 0.5) is 0 Å². The maximum atomic E-state index is 5.76. The van der Waals surface area contributed by atoms with Gasteiger partial charge in [-0.3, -0.25) is 4.90 Å². The van der Waals surface area contributed by atoms with E-state index in [1.165, 1.54) is 0 Å². The lowest BCUT2D eigenvalue weighted by Crippen LogP contribution is -2.45. The predicted molar refractivity (Wildman–Crippen MR) is 65.3 cm³/mol. The maximum Gasteiger partial charge on any atom is 0.0936 e. The van der Waals surface area contributed by atoms with Crippen molar-refractivity contribution in [3.8, 4) is 0 Å². The van der Waals surface area contributed by atoms with E-state index in [-0.39, 0.29) is 6.10 Å². The van der Waals surface area contributed by atoms with E-state index in [1.54, 1.807) is 0 Å². The zero-order valence-electron chi connectivity index (χ0n) is 10.7. The molecule has 2 rings (SSSR count). The number of hydrogen-bond donors (Lipinski definition) is 1. The molecular formula is C12H24N2O3. The third-order valence-electron chi connectivity index (χ3n) is 3.19. The van der Waals surface area contributed by atoms with Gasteiger partial charge in [0.1, 0.15) is 0 Å². The van der Waals surface area contributed by atoms with Crippen molar-refractivity contribution in [1.82, 2.24) is 10.2 Å². The largest absolute Gasteiger partial charge is 0.379 e. The Labute approximate surface area is 103 Å². The Bertz CT molecular complexity index is 210. The standard InChI is InChI=1S/C12H24N2O3/c1-11-8-13-9-12(17-11)10-16-7-4-14-2-5-15-6-3-14/h11-13H,2-10H2,1H3. The summed E-state index contributed by atoms with van der Waals surface area (Å²) in [4.78, 5) is 2.38. The third kappa shape index (κ3) is 4.89. The normalized spacial score (nSPS) is 31.6. The molecule has 2 unspecified atom stereocenters. The molecule has 5 nitrogen and oxygen atoms in total. The average Bonchev–Trinajstić information content (AvgIpc) is 2.36. The monoisotopic (exact) mass is 244 g/mol. The van der Waals surface area contributed by atoms with E-state index in [2.05, 4.69) is 17.1 Å². The molecule has 0 aromatic carbocycles. The Morgan fingerprint density at radius 2 is 2.12 bits per heavy atom. The fourth-order valence-corrected chi connectivity index (χ4v) is 2.20. The molecule has 2 aliphatic rings. The van der Waals surface area contributed by atoms with Crippen molar-refractivity contribution < 1.29 is 14.2 Å². The summed E-state index contributed by atoms with van der Waals surface area (Å²) in [7, 11) is 0. The highest BCUT2D eigenvalue weighted by molar-refractivity contribution is 4.71. The number of morpholine rings is 2. The molecule has 2 atom stereocenters. The van der Waals surface area contributed by atoms with Gasteiger partial charge < -0.3 is 19.5 Å². The Hall–Kier alpha value is -0.200. The van der Waals surface area contributed by atoms with Crippen molar-refractivity contribution in [3.63, 3.8) is 0 Å². The lowest BCUT2D eigenvalue weighted by molar-refractivity contribution is -0.0721. The Morgan fingerprint density at radius 3 is 2.88 bits per heavy atom. The zero-order valence-corrected chi connectivity index (χ0v) is 10.7. The molecule has 17 heavy (non-hydrogen) atoms. The minimum Gasteiger partial charge on any atom is -0.379 e. The van der Waals surface area contributed by atoms with E-state index < -0.39 is 0 Å². The van der Waals surface area contributed by atoms with Crippen LogP contribution in [0, 0.1) is 0 Å². The second kappa shape index (κ2) is 7.28. The first kappa shape index (κ1) is 13.2. The highest BCUT2D eigenvalue weighted by Crippen LogP contribution is 2.03. The van der Waals surface area contributed by atoms with Crippen LogP contribution in [0.3, 0.4) is 0 Å². The van der Waals surface area contributed by atoms with Crippen LogP contribution in [-0.2, 0) is 14.2 Å². The zero-order chi connectivity index (χ0) is 11.9. The number of hydrogen-bond acceptors (Lipinski definition) is 5. The molecule has 0 aromatic heterocycles. The van der Waals surface area contributed by atoms with Crippen LogP contribution in [0.1, 0.15) is 6.92 Å². The highest BCUT2D eigenvalue weighted by Gasteiger charge is 2.18. The second-order valence-corrected chi connectivity index (χ2v) is 4.76. The van der Waals surface area contributed by atoms with Crippen molar-refractivity contribution >= 4 is 0 Å². The van der Waals surface area contributed by atoms with E-state index in [0.717, 1.165) is 52.5 Å². The molecule has 2 saturated heterocycles. The predicted octanol–water partition coefficient (Wildman–Crippen LogP) is -0.288. The van der Waals surface area contributed by atoms with Crippen molar-refractivity contribution in [2.75, 3.05) is 59.2 Å². The van der Waals surface area contributed by atoms with Crippen molar-refractivity contribution in [3.05, 3.63) is 0 Å². The molecule has 1 N–H and O–H groups in total. The number of nitrogens with one attached hydrogen (secondary N) is 1. The summed E-state index contributed by atoms with van der Waals surface area (Å²) in [6.07, 6.45) is 0.514. The summed E-state index contributed by atoms with van der Waals surface area (Å²) in [6, 6.07) is 0. The van der Waals surface area contributed by atoms with Crippen LogP contribution in [0.15, 0.2) is 0 Å². The van der Waals surface area contributed by atoms with Gasteiger partial charge in [0, 0.05) is 32.7 Å². The van der Waals surface area contributed by atoms with Crippen LogP contribution in [0.2, 0.25) is 0 Å². The Balaban J connectivity index is 1.50. The van der Waals surface area contributed by atoms with Crippen LogP contribution in [-0.4, -0.2) is 76.3 Å². The minimum absolute atomic E-state index is 0.212. The van der Waals surface area contributed by atoms with Gasteiger partial charge in [0.15, 0.2) is 0 Å². The number of rotatable bonds is 5. The van der Waals surface area contributed by atoms with Crippen LogP contribution < -0.4 is 5.32 Å². The molecule has 0 saturated carbocycles. The number of ether oxygens (including phenoxy) is 3. The van der Waals surface area contributed by atoms with Crippen LogP contribution >= 0.6 is 0 Å².